The van der Waals surface area contributed by atoms with Crippen LogP contribution in [0.25, 0.3) is 11.6 Å². The lowest BCUT2D eigenvalue weighted by molar-refractivity contribution is 0.421. The van der Waals surface area contributed by atoms with Crippen molar-refractivity contribution in [2.45, 2.75) is 18.8 Å². The van der Waals surface area contributed by atoms with Gasteiger partial charge in [-0.05, 0) is 18.9 Å². The Balaban J connectivity index is 1.97. The fraction of sp³-hybridized carbons (Fsp3) is 0.375. The van der Waals surface area contributed by atoms with Crippen LogP contribution in [-0.4, -0.2) is 20.3 Å². The molecule has 5 nitrogen and oxygen atoms in total. The van der Waals surface area contributed by atoms with Crippen molar-refractivity contribution in [3.63, 3.8) is 0 Å². The molecule has 0 unspecified atom stereocenters. The monoisotopic (exact) mass is 176 g/mol. The topological polar surface area (TPSA) is 67.6 Å². The van der Waals surface area contributed by atoms with E-state index in [2.05, 4.69) is 20.3 Å². The number of nitrogens with zero attached hydrogens (tertiary/aromatic N) is 3. The Morgan fingerprint density at radius 3 is 3.08 bits per heavy atom. The van der Waals surface area contributed by atoms with Gasteiger partial charge in [-0.25, -0.2) is 0 Å². The van der Waals surface area contributed by atoms with Crippen molar-refractivity contribution in [3.05, 3.63) is 18.1 Å². The van der Waals surface area contributed by atoms with Crippen LogP contribution in [0.4, 0.5) is 0 Å². The normalized spacial score (nSPS) is 16.3. The van der Waals surface area contributed by atoms with Crippen molar-refractivity contribution < 1.29 is 4.52 Å². The number of hydrogen-bond acceptors (Lipinski definition) is 4. The predicted molar refractivity (Wildman–Crippen MR) is 43.9 cm³/mol. The number of nitrogens with one attached hydrogen (secondary N) is 1. The van der Waals surface area contributed by atoms with Gasteiger partial charge >= 0.3 is 0 Å². The minimum atomic E-state index is 0.527. The Kier molecular flexibility index (Phi) is 1.27. The second-order valence-electron chi connectivity index (χ2n) is 3.20. The van der Waals surface area contributed by atoms with Gasteiger partial charge in [0, 0.05) is 12.1 Å². The first-order valence-electron chi connectivity index (χ1n) is 4.27. The minimum absolute atomic E-state index is 0.527. The predicted octanol–water partition coefficient (Wildman–Crippen LogP) is 1.34. The van der Waals surface area contributed by atoms with Gasteiger partial charge in [-0.3, -0.25) is 5.10 Å². The molecule has 0 saturated heterocycles. The smallest absolute Gasteiger partial charge is 0.275 e. The van der Waals surface area contributed by atoms with Crippen LogP contribution >= 0.6 is 0 Å². The van der Waals surface area contributed by atoms with Gasteiger partial charge in [-0.2, -0.15) is 10.1 Å². The van der Waals surface area contributed by atoms with E-state index in [0.29, 0.717) is 11.8 Å². The molecule has 0 aliphatic heterocycles. The van der Waals surface area contributed by atoms with E-state index in [4.69, 9.17) is 4.52 Å². The van der Waals surface area contributed by atoms with Gasteiger partial charge in [0.15, 0.2) is 5.82 Å². The van der Waals surface area contributed by atoms with Gasteiger partial charge in [0.25, 0.3) is 5.89 Å². The summed E-state index contributed by atoms with van der Waals surface area (Å²) in [6.45, 7) is 0. The molecule has 0 atom stereocenters. The van der Waals surface area contributed by atoms with Crippen molar-refractivity contribution in [1.29, 1.82) is 0 Å². The number of H-pyrrole nitrogens is 1. The van der Waals surface area contributed by atoms with E-state index in [9.17, 15) is 0 Å². The van der Waals surface area contributed by atoms with Gasteiger partial charge in [-0.15, -0.1) is 0 Å². The Bertz CT molecular complexity index is 401. The third kappa shape index (κ3) is 1.12. The van der Waals surface area contributed by atoms with E-state index >= 15 is 0 Å². The molecule has 3 rings (SSSR count). The third-order valence-electron chi connectivity index (χ3n) is 2.12. The van der Waals surface area contributed by atoms with Crippen LogP contribution in [0.2, 0.25) is 0 Å². The largest absolute Gasteiger partial charge is 0.332 e. The lowest BCUT2D eigenvalue weighted by Crippen LogP contribution is -1.82. The van der Waals surface area contributed by atoms with Gasteiger partial charge in [-0.1, -0.05) is 5.16 Å². The molecule has 0 aromatic carbocycles. The first-order valence-corrected chi connectivity index (χ1v) is 4.27. The average Bonchev–Trinajstić information content (AvgIpc) is 2.72. The maximum Gasteiger partial charge on any atom is 0.275 e. The highest BCUT2D eigenvalue weighted by Crippen LogP contribution is 2.38. The molecule has 1 aliphatic rings. The summed E-state index contributed by atoms with van der Waals surface area (Å²) in [7, 11) is 0. The van der Waals surface area contributed by atoms with Gasteiger partial charge < -0.3 is 4.52 Å². The molecular weight excluding hydrogens is 168 g/mol. The quantitative estimate of drug-likeness (QED) is 0.749. The molecule has 1 aliphatic carbocycles. The lowest BCUT2D eigenvalue weighted by atomic mass is 10.4. The highest BCUT2D eigenvalue weighted by atomic mass is 16.5. The molecule has 2 heterocycles. The second-order valence-corrected chi connectivity index (χ2v) is 3.20. The van der Waals surface area contributed by atoms with E-state index in [0.717, 1.165) is 11.5 Å². The Labute approximate surface area is 74.2 Å². The molecule has 66 valence electrons. The molecule has 2 aromatic heterocycles. The summed E-state index contributed by atoms with van der Waals surface area (Å²) in [5.41, 5.74) is 0.777. The van der Waals surface area contributed by atoms with Crippen LogP contribution in [0, 0.1) is 0 Å². The summed E-state index contributed by atoms with van der Waals surface area (Å²) in [6, 6.07) is 1.81. The molecule has 0 bridgehead atoms. The van der Waals surface area contributed by atoms with Crippen LogP contribution in [0.1, 0.15) is 24.6 Å². The standard InChI is InChI=1S/C8H8N4O/c1-2-5(1)7-10-8(13-12-7)6-3-4-9-11-6/h3-5H,1-2H2,(H,9,11). The lowest BCUT2D eigenvalue weighted by Gasteiger charge is -1.82. The maximum absolute atomic E-state index is 5.08. The van der Waals surface area contributed by atoms with Crippen molar-refractivity contribution in [3.8, 4) is 11.6 Å². The van der Waals surface area contributed by atoms with E-state index in [1.807, 2.05) is 6.07 Å². The van der Waals surface area contributed by atoms with Crippen LogP contribution in [0.5, 0.6) is 0 Å². The zero-order chi connectivity index (χ0) is 8.67. The number of aromatic amines is 1. The third-order valence-corrected chi connectivity index (χ3v) is 2.12. The fourth-order valence-electron chi connectivity index (χ4n) is 1.23. The van der Waals surface area contributed by atoms with E-state index < -0.39 is 0 Å². The minimum Gasteiger partial charge on any atom is -0.332 e. The molecule has 5 heteroatoms. The summed E-state index contributed by atoms with van der Waals surface area (Å²) in [5, 5.41) is 10.5. The molecule has 1 fully saturated rings. The highest BCUT2D eigenvalue weighted by Gasteiger charge is 2.29. The summed E-state index contributed by atoms with van der Waals surface area (Å²) in [6.07, 6.45) is 4.03. The zero-order valence-corrected chi connectivity index (χ0v) is 6.90. The Hall–Kier alpha value is -1.65. The van der Waals surface area contributed by atoms with E-state index in [1.165, 1.54) is 12.8 Å². The number of rotatable bonds is 2. The Morgan fingerprint density at radius 2 is 2.38 bits per heavy atom. The van der Waals surface area contributed by atoms with Crippen molar-refractivity contribution in [1.82, 2.24) is 20.3 Å². The maximum atomic E-state index is 5.08. The van der Waals surface area contributed by atoms with Gasteiger partial charge in [0.05, 0.1) is 0 Å². The SMILES string of the molecule is c1cc(-c2nc(C3CC3)no2)[nH]n1. The van der Waals surface area contributed by atoms with Gasteiger partial charge in [0.2, 0.25) is 0 Å². The molecule has 0 spiro atoms. The highest BCUT2D eigenvalue weighted by molar-refractivity contribution is 5.44. The number of hydrogen-bond donors (Lipinski definition) is 1. The first-order chi connectivity index (χ1) is 6.43. The van der Waals surface area contributed by atoms with Crippen LogP contribution < -0.4 is 0 Å². The summed E-state index contributed by atoms with van der Waals surface area (Å²) < 4.78 is 5.08. The summed E-state index contributed by atoms with van der Waals surface area (Å²) >= 11 is 0. The Morgan fingerprint density at radius 1 is 1.46 bits per heavy atom. The van der Waals surface area contributed by atoms with E-state index in [1.54, 1.807) is 6.20 Å². The molecule has 0 amide bonds. The molecule has 2 aromatic rings. The van der Waals surface area contributed by atoms with Crippen molar-refractivity contribution in [2.24, 2.45) is 0 Å². The fourth-order valence-corrected chi connectivity index (χ4v) is 1.23. The molecule has 1 saturated carbocycles. The molecule has 0 radical (unpaired) electrons. The summed E-state index contributed by atoms with van der Waals surface area (Å²) in [5.74, 6) is 1.88. The van der Waals surface area contributed by atoms with Crippen LogP contribution in [-0.2, 0) is 0 Å². The van der Waals surface area contributed by atoms with Crippen LogP contribution in [0.15, 0.2) is 16.8 Å². The second kappa shape index (κ2) is 2.42. The van der Waals surface area contributed by atoms with E-state index in [-0.39, 0.29) is 0 Å². The van der Waals surface area contributed by atoms with Crippen molar-refractivity contribution in [2.75, 3.05) is 0 Å². The summed E-state index contributed by atoms with van der Waals surface area (Å²) in [4.78, 5) is 4.27. The molecule has 13 heavy (non-hydrogen) atoms. The van der Waals surface area contributed by atoms with Gasteiger partial charge in [0.1, 0.15) is 5.69 Å². The van der Waals surface area contributed by atoms with Crippen LogP contribution in [0.3, 0.4) is 0 Å². The molecule has 1 N–H and O–H groups in total. The first kappa shape index (κ1) is 6.82. The number of aromatic nitrogens is 4. The average molecular weight is 176 g/mol. The van der Waals surface area contributed by atoms with Crippen molar-refractivity contribution >= 4 is 0 Å². The molecular formula is C8H8N4O. The zero-order valence-electron chi connectivity index (χ0n) is 6.90.